The molecule has 2 rings (SSSR count). The number of aromatic carboxylic acids is 1. The molecule has 4 nitrogen and oxygen atoms in total. The van der Waals surface area contributed by atoms with Crippen LogP contribution in [0.1, 0.15) is 21.5 Å². The van der Waals surface area contributed by atoms with Crippen molar-refractivity contribution in [2.24, 2.45) is 0 Å². The standard InChI is InChI=1S/C13H8BrFN2O2/c14-12-4-10(13(18)19)7-17(12)6-8-1-2-11(15)9(3-8)5-16/h1-4,7H,6H2,(H,18,19). The number of benzene rings is 1. The summed E-state index contributed by atoms with van der Waals surface area (Å²) in [4.78, 5) is 10.8. The number of carbonyl (C=O) groups is 1. The van der Waals surface area contributed by atoms with Gasteiger partial charge in [-0.2, -0.15) is 5.26 Å². The molecule has 6 heteroatoms. The number of rotatable bonds is 3. The number of hydrogen-bond donors (Lipinski definition) is 1. The van der Waals surface area contributed by atoms with Crippen molar-refractivity contribution >= 4 is 21.9 Å². The number of aromatic nitrogens is 1. The van der Waals surface area contributed by atoms with Crippen molar-refractivity contribution < 1.29 is 14.3 Å². The highest BCUT2D eigenvalue weighted by molar-refractivity contribution is 9.10. The van der Waals surface area contributed by atoms with Gasteiger partial charge in [0.1, 0.15) is 11.9 Å². The highest BCUT2D eigenvalue weighted by atomic mass is 79.9. The minimum atomic E-state index is -1.02. The number of nitriles is 1. The van der Waals surface area contributed by atoms with Crippen LogP contribution < -0.4 is 0 Å². The summed E-state index contributed by atoms with van der Waals surface area (Å²) in [5.41, 5.74) is 0.847. The quantitative estimate of drug-likeness (QED) is 0.944. The van der Waals surface area contributed by atoms with Crippen molar-refractivity contribution in [2.75, 3.05) is 0 Å². The molecule has 0 aliphatic rings. The second-order valence-corrected chi connectivity index (χ2v) is 4.72. The predicted molar refractivity (Wildman–Crippen MR) is 69.3 cm³/mol. The van der Waals surface area contributed by atoms with Gasteiger partial charge in [0.05, 0.1) is 15.7 Å². The molecule has 0 spiro atoms. The van der Waals surface area contributed by atoms with Crippen LogP contribution in [0.2, 0.25) is 0 Å². The highest BCUT2D eigenvalue weighted by Gasteiger charge is 2.10. The van der Waals surface area contributed by atoms with Crippen LogP contribution in [0.15, 0.2) is 35.1 Å². The van der Waals surface area contributed by atoms with Gasteiger partial charge in [-0.1, -0.05) is 6.07 Å². The molecule has 1 heterocycles. The largest absolute Gasteiger partial charge is 0.478 e. The summed E-state index contributed by atoms with van der Waals surface area (Å²) in [7, 11) is 0. The Morgan fingerprint density at radius 1 is 1.47 bits per heavy atom. The summed E-state index contributed by atoms with van der Waals surface area (Å²) >= 11 is 3.25. The lowest BCUT2D eigenvalue weighted by molar-refractivity contribution is 0.0697. The summed E-state index contributed by atoms with van der Waals surface area (Å²) in [5, 5.41) is 17.6. The van der Waals surface area contributed by atoms with Crippen molar-refractivity contribution in [1.29, 1.82) is 5.26 Å². The normalized spacial score (nSPS) is 10.2. The van der Waals surface area contributed by atoms with E-state index in [0.717, 1.165) is 0 Å². The fraction of sp³-hybridized carbons (Fsp3) is 0.0769. The van der Waals surface area contributed by atoms with Gasteiger partial charge in [-0.05, 0) is 39.7 Å². The summed E-state index contributed by atoms with van der Waals surface area (Å²) < 4.78 is 15.5. The Morgan fingerprint density at radius 3 is 2.79 bits per heavy atom. The van der Waals surface area contributed by atoms with E-state index in [1.807, 2.05) is 0 Å². The predicted octanol–water partition coefficient (Wildman–Crippen LogP) is 3.01. The molecule has 0 aliphatic carbocycles. The molecule has 0 saturated carbocycles. The minimum absolute atomic E-state index is 0.0285. The van der Waals surface area contributed by atoms with E-state index in [-0.39, 0.29) is 11.1 Å². The van der Waals surface area contributed by atoms with E-state index < -0.39 is 11.8 Å². The molecule has 96 valence electrons. The van der Waals surface area contributed by atoms with Crippen molar-refractivity contribution in [3.8, 4) is 6.07 Å². The third-order valence-corrected chi connectivity index (χ3v) is 3.28. The molecule has 19 heavy (non-hydrogen) atoms. The van der Waals surface area contributed by atoms with Gasteiger partial charge in [-0.3, -0.25) is 0 Å². The Labute approximate surface area is 116 Å². The molecule has 0 atom stereocenters. The Balaban J connectivity index is 2.31. The van der Waals surface area contributed by atoms with Crippen LogP contribution in [0, 0.1) is 17.1 Å². The smallest absolute Gasteiger partial charge is 0.337 e. The molecular weight excluding hydrogens is 315 g/mol. The maximum Gasteiger partial charge on any atom is 0.337 e. The lowest BCUT2D eigenvalue weighted by atomic mass is 10.1. The molecule has 0 radical (unpaired) electrons. The average molecular weight is 323 g/mol. The number of carboxylic acid groups (broad SMARTS) is 1. The highest BCUT2D eigenvalue weighted by Crippen LogP contribution is 2.18. The zero-order valence-electron chi connectivity index (χ0n) is 9.60. The summed E-state index contributed by atoms with van der Waals surface area (Å²) in [6.45, 7) is 0.350. The molecule has 0 unspecified atom stereocenters. The molecule has 1 N–H and O–H groups in total. The van der Waals surface area contributed by atoms with Gasteiger partial charge in [0.25, 0.3) is 0 Å². The van der Waals surface area contributed by atoms with Crippen molar-refractivity contribution in [1.82, 2.24) is 4.57 Å². The van der Waals surface area contributed by atoms with Crippen LogP contribution in [-0.4, -0.2) is 15.6 Å². The molecule has 1 aromatic heterocycles. The molecular formula is C13H8BrFN2O2. The van der Waals surface area contributed by atoms with Crippen molar-refractivity contribution in [3.63, 3.8) is 0 Å². The summed E-state index contributed by atoms with van der Waals surface area (Å²) in [6.07, 6.45) is 1.47. The number of hydrogen-bond acceptors (Lipinski definition) is 2. The lowest BCUT2D eigenvalue weighted by Gasteiger charge is -2.06. The fourth-order valence-electron chi connectivity index (χ4n) is 1.67. The number of nitrogens with zero attached hydrogens (tertiary/aromatic N) is 2. The Hall–Kier alpha value is -2.13. The third-order valence-electron chi connectivity index (χ3n) is 2.59. The fourth-order valence-corrected chi connectivity index (χ4v) is 2.14. The van der Waals surface area contributed by atoms with Crippen LogP contribution in [0.3, 0.4) is 0 Å². The molecule has 0 aliphatic heterocycles. The Bertz CT molecular complexity index is 688. The van der Waals surface area contributed by atoms with Gasteiger partial charge in [0, 0.05) is 12.7 Å². The molecule has 0 saturated heterocycles. The van der Waals surface area contributed by atoms with Gasteiger partial charge in [-0.15, -0.1) is 0 Å². The summed E-state index contributed by atoms with van der Waals surface area (Å²) in [5.74, 6) is -1.58. The van der Waals surface area contributed by atoms with Gasteiger partial charge in [0.2, 0.25) is 0 Å². The van der Waals surface area contributed by atoms with Crippen molar-refractivity contribution in [2.45, 2.75) is 6.54 Å². The second-order valence-electron chi connectivity index (χ2n) is 3.91. The second kappa shape index (κ2) is 5.24. The van der Waals surface area contributed by atoms with Crippen molar-refractivity contribution in [3.05, 3.63) is 57.6 Å². The summed E-state index contributed by atoms with van der Waals surface area (Å²) in [6, 6.07) is 7.48. The van der Waals surface area contributed by atoms with Gasteiger partial charge >= 0.3 is 5.97 Å². The van der Waals surface area contributed by atoms with E-state index in [2.05, 4.69) is 15.9 Å². The average Bonchev–Trinajstić information content (AvgIpc) is 2.73. The van der Waals surface area contributed by atoms with E-state index in [1.165, 1.54) is 24.4 Å². The zero-order chi connectivity index (χ0) is 14.0. The lowest BCUT2D eigenvalue weighted by Crippen LogP contribution is -2.00. The first-order valence-corrected chi connectivity index (χ1v) is 6.08. The van der Waals surface area contributed by atoms with Crippen LogP contribution in [-0.2, 0) is 6.54 Å². The number of halogens is 2. The van der Waals surface area contributed by atoms with Gasteiger partial charge in [-0.25, -0.2) is 9.18 Å². The minimum Gasteiger partial charge on any atom is -0.478 e. The maximum atomic E-state index is 13.2. The molecule has 2 aromatic rings. The van der Waals surface area contributed by atoms with E-state index in [0.29, 0.717) is 16.7 Å². The molecule has 0 fully saturated rings. The Kier molecular flexibility index (Phi) is 3.67. The first-order chi connectivity index (χ1) is 9.01. The van der Waals surface area contributed by atoms with Crippen LogP contribution in [0.25, 0.3) is 0 Å². The van der Waals surface area contributed by atoms with Crippen LogP contribution in [0.4, 0.5) is 4.39 Å². The van der Waals surface area contributed by atoms with Crippen LogP contribution in [0.5, 0.6) is 0 Å². The first-order valence-electron chi connectivity index (χ1n) is 5.28. The first kappa shape index (κ1) is 13.3. The third kappa shape index (κ3) is 2.83. The SMILES string of the molecule is N#Cc1cc(Cn2cc(C(=O)O)cc2Br)ccc1F. The monoisotopic (exact) mass is 322 g/mol. The molecule has 1 aromatic carbocycles. The Morgan fingerprint density at radius 2 is 2.21 bits per heavy atom. The van der Waals surface area contributed by atoms with Crippen LogP contribution >= 0.6 is 15.9 Å². The zero-order valence-corrected chi connectivity index (χ0v) is 11.2. The van der Waals surface area contributed by atoms with E-state index in [1.54, 1.807) is 16.7 Å². The maximum absolute atomic E-state index is 13.2. The van der Waals surface area contributed by atoms with E-state index >= 15 is 0 Å². The molecule has 0 bridgehead atoms. The van der Waals surface area contributed by atoms with Gasteiger partial charge < -0.3 is 9.67 Å². The molecule has 0 amide bonds. The topological polar surface area (TPSA) is 66.0 Å². The van der Waals surface area contributed by atoms with E-state index in [4.69, 9.17) is 10.4 Å². The number of carboxylic acids is 1. The van der Waals surface area contributed by atoms with Gasteiger partial charge in [0.15, 0.2) is 0 Å². The van der Waals surface area contributed by atoms with E-state index in [9.17, 15) is 9.18 Å².